The fourth-order valence-corrected chi connectivity index (χ4v) is 5.66. The Balaban J connectivity index is 1.55. The van der Waals surface area contributed by atoms with Crippen LogP contribution < -0.4 is 5.56 Å². The molecule has 1 fully saturated rings. The molecule has 0 radical (unpaired) electrons. The Hall–Kier alpha value is -3.39. The summed E-state index contributed by atoms with van der Waals surface area (Å²) in [4.78, 5) is 18.6. The molecule has 4 aromatic rings. The molecule has 7 nitrogen and oxygen atoms in total. The van der Waals surface area contributed by atoms with E-state index in [1.54, 1.807) is 12.1 Å². The molecular formula is C29H35FN6O. The smallest absolute Gasteiger partial charge is 0.252 e. The first-order valence-electron chi connectivity index (χ1n) is 13.3. The molecule has 2 aromatic carbocycles. The second kappa shape index (κ2) is 10.9. The van der Waals surface area contributed by atoms with Crippen LogP contribution in [0.2, 0.25) is 0 Å². The molecular weight excluding hydrogens is 467 g/mol. The lowest BCUT2D eigenvalue weighted by Crippen LogP contribution is -2.33. The number of rotatable bonds is 8. The zero-order valence-electron chi connectivity index (χ0n) is 21.9. The van der Waals surface area contributed by atoms with Crippen molar-refractivity contribution in [3.63, 3.8) is 0 Å². The third-order valence-electron chi connectivity index (χ3n) is 7.76. The van der Waals surface area contributed by atoms with E-state index in [0.29, 0.717) is 24.7 Å². The minimum atomic E-state index is -0.264. The van der Waals surface area contributed by atoms with Crippen molar-refractivity contribution in [2.75, 3.05) is 0 Å². The molecule has 0 amide bonds. The van der Waals surface area contributed by atoms with E-state index in [1.807, 2.05) is 23.7 Å². The van der Waals surface area contributed by atoms with Gasteiger partial charge in [0, 0.05) is 24.0 Å². The first kappa shape index (κ1) is 25.3. The molecule has 0 saturated heterocycles. The first-order chi connectivity index (χ1) is 17.9. The van der Waals surface area contributed by atoms with Crippen molar-refractivity contribution in [3.05, 3.63) is 86.7 Å². The predicted octanol–water partition coefficient (Wildman–Crippen LogP) is 5.93. The number of pyridine rings is 1. The Kier molecular flexibility index (Phi) is 7.46. The van der Waals surface area contributed by atoms with Crippen LogP contribution in [0.3, 0.4) is 0 Å². The van der Waals surface area contributed by atoms with Crippen LogP contribution in [0.25, 0.3) is 10.9 Å². The van der Waals surface area contributed by atoms with Gasteiger partial charge < -0.3 is 4.98 Å². The highest BCUT2D eigenvalue weighted by molar-refractivity contribution is 5.85. The standard InChI is InChI=1S/C29H35FN6O/c1-4-26(28-32-33-34-36(28)24-8-6-5-7-9-24)35(17-21-12-14-23(30)15-13-21)18-22-16-25-19(2)10-11-20(3)27(25)31-29(22)37/h10-16,24,26H,4-9,17-18H2,1-3H3,(H,31,37)/t26-/m1/s1. The largest absolute Gasteiger partial charge is 0.321 e. The van der Waals surface area contributed by atoms with Gasteiger partial charge >= 0.3 is 0 Å². The average molecular weight is 503 g/mol. The van der Waals surface area contributed by atoms with E-state index in [4.69, 9.17) is 0 Å². The molecule has 0 unspecified atom stereocenters. The fourth-order valence-electron chi connectivity index (χ4n) is 5.66. The lowest BCUT2D eigenvalue weighted by Gasteiger charge is -2.32. The molecule has 37 heavy (non-hydrogen) atoms. The van der Waals surface area contributed by atoms with Crippen LogP contribution in [0.1, 0.15) is 85.6 Å². The van der Waals surface area contributed by atoms with Crippen molar-refractivity contribution >= 4 is 10.9 Å². The number of benzene rings is 2. The summed E-state index contributed by atoms with van der Waals surface area (Å²) < 4.78 is 15.7. The number of nitrogens with one attached hydrogen (secondary N) is 1. The normalized spacial score (nSPS) is 15.5. The molecule has 0 aliphatic heterocycles. The SMILES string of the molecule is CC[C@H](c1nnnn1C1CCCCC1)N(Cc1ccc(F)cc1)Cc1cc2c(C)ccc(C)c2[nH]c1=O. The number of aromatic nitrogens is 5. The number of tetrazole rings is 1. The molecule has 1 saturated carbocycles. The number of hydrogen-bond acceptors (Lipinski definition) is 5. The maximum Gasteiger partial charge on any atom is 0.252 e. The topological polar surface area (TPSA) is 79.7 Å². The van der Waals surface area contributed by atoms with Gasteiger partial charge in [0.2, 0.25) is 0 Å². The van der Waals surface area contributed by atoms with Crippen molar-refractivity contribution in [1.29, 1.82) is 0 Å². The monoisotopic (exact) mass is 502 g/mol. The van der Waals surface area contributed by atoms with Gasteiger partial charge in [-0.05, 0) is 78.4 Å². The zero-order chi connectivity index (χ0) is 25.9. The molecule has 194 valence electrons. The predicted molar refractivity (Wildman–Crippen MR) is 143 cm³/mol. The van der Waals surface area contributed by atoms with Crippen LogP contribution in [0.4, 0.5) is 4.39 Å². The van der Waals surface area contributed by atoms with Gasteiger partial charge in [-0.1, -0.05) is 50.5 Å². The van der Waals surface area contributed by atoms with Gasteiger partial charge in [0.05, 0.1) is 17.6 Å². The highest BCUT2D eigenvalue weighted by atomic mass is 19.1. The van der Waals surface area contributed by atoms with E-state index in [0.717, 1.165) is 52.7 Å². The summed E-state index contributed by atoms with van der Waals surface area (Å²) in [7, 11) is 0. The van der Waals surface area contributed by atoms with E-state index >= 15 is 0 Å². The Morgan fingerprint density at radius 2 is 1.78 bits per heavy atom. The van der Waals surface area contributed by atoms with Crippen molar-refractivity contribution < 1.29 is 4.39 Å². The highest BCUT2D eigenvalue weighted by Crippen LogP contribution is 2.33. The summed E-state index contributed by atoms with van der Waals surface area (Å²) in [6.45, 7) is 7.16. The number of aromatic amines is 1. The quantitative estimate of drug-likeness (QED) is 0.323. The van der Waals surface area contributed by atoms with Crippen molar-refractivity contribution in [1.82, 2.24) is 30.1 Å². The Labute approximate surface area is 216 Å². The van der Waals surface area contributed by atoms with E-state index in [2.05, 4.69) is 45.3 Å². The minimum Gasteiger partial charge on any atom is -0.321 e. The van der Waals surface area contributed by atoms with Gasteiger partial charge in [-0.3, -0.25) is 9.69 Å². The molecule has 0 spiro atoms. The van der Waals surface area contributed by atoms with Crippen LogP contribution in [-0.2, 0) is 13.1 Å². The maximum atomic E-state index is 13.7. The van der Waals surface area contributed by atoms with E-state index < -0.39 is 0 Å². The van der Waals surface area contributed by atoms with Gasteiger partial charge in [-0.15, -0.1) is 5.10 Å². The molecule has 1 aliphatic carbocycles. The van der Waals surface area contributed by atoms with Crippen molar-refractivity contribution in [2.24, 2.45) is 0 Å². The highest BCUT2D eigenvalue weighted by Gasteiger charge is 2.29. The zero-order valence-corrected chi connectivity index (χ0v) is 21.9. The number of H-pyrrole nitrogens is 1. The molecule has 0 bridgehead atoms. The average Bonchev–Trinajstić information content (AvgIpc) is 3.39. The fraction of sp³-hybridized carbons (Fsp3) is 0.448. The molecule has 2 heterocycles. The van der Waals surface area contributed by atoms with Crippen LogP contribution in [0.15, 0.2) is 47.3 Å². The summed E-state index contributed by atoms with van der Waals surface area (Å²) in [5.74, 6) is 0.571. The molecule has 5 rings (SSSR count). The molecule has 1 aliphatic rings. The summed E-state index contributed by atoms with van der Waals surface area (Å²) in [6, 6.07) is 12.9. The number of hydrogen-bond donors (Lipinski definition) is 1. The van der Waals surface area contributed by atoms with Crippen LogP contribution >= 0.6 is 0 Å². The van der Waals surface area contributed by atoms with Gasteiger partial charge in [0.25, 0.3) is 5.56 Å². The van der Waals surface area contributed by atoms with Crippen LogP contribution in [0.5, 0.6) is 0 Å². The first-order valence-corrected chi connectivity index (χ1v) is 13.3. The van der Waals surface area contributed by atoms with Crippen molar-refractivity contribution in [2.45, 2.75) is 84.5 Å². The number of halogens is 1. The minimum absolute atomic E-state index is 0.0907. The van der Waals surface area contributed by atoms with Crippen molar-refractivity contribution in [3.8, 4) is 0 Å². The Morgan fingerprint density at radius 1 is 1.05 bits per heavy atom. The second-order valence-corrected chi connectivity index (χ2v) is 10.3. The van der Waals surface area contributed by atoms with E-state index in [-0.39, 0.29) is 17.4 Å². The summed E-state index contributed by atoms with van der Waals surface area (Å²) in [5, 5.41) is 14.0. The van der Waals surface area contributed by atoms with Gasteiger partial charge in [0.1, 0.15) is 5.82 Å². The molecule has 1 atom stereocenters. The van der Waals surface area contributed by atoms with Gasteiger partial charge in [0.15, 0.2) is 5.82 Å². The third-order valence-corrected chi connectivity index (χ3v) is 7.76. The van der Waals surface area contributed by atoms with Crippen LogP contribution in [0, 0.1) is 19.7 Å². The second-order valence-electron chi connectivity index (χ2n) is 10.3. The molecule has 2 aromatic heterocycles. The summed E-state index contributed by atoms with van der Waals surface area (Å²) in [5.41, 5.74) is 4.63. The summed E-state index contributed by atoms with van der Waals surface area (Å²) >= 11 is 0. The third kappa shape index (κ3) is 5.34. The lowest BCUT2D eigenvalue weighted by atomic mass is 9.95. The molecule has 1 N–H and O–H groups in total. The molecule has 8 heteroatoms. The number of fused-ring (bicyclic) bond motifs is 1. The van der Waals surface area contributed by atoms with E-state index in [9.17, 15) is 9.18 Å². The number of aryl methyl sites for hydroxylation is 2. The number of nitrogens with zero attached hydrogens (tertiary/aromatic N) is 5. The Bertz CT molecular complexity index is 1420. The Morgan fingerprint density at radius 3 is 2.51 bits per heavy atom. The lowest BCUT2D eigenvalue weighted by molar-refractivity contribution is 0.155. The van der Waals surface area contributed by atoms with Crippen LogP contribution in [-0.4, -0.2) is 30.1 Å². The van der Waals surface area contributed by atoms with E-state index in [1.165, 1.54) is 31.4 Å². The van der Waals surface area contributed by atoms with Gasteiger partial charge in [-0.25, -0.2) is 9.07 Å². The van der Waals surface area contributed by atoms with Gasteiger partial charge in [-0.2, -0.15) is 0 Å². The summed E-state index contributed by atoms with van der Waals surface area (Å²) in [6.07, 6.45) is 6.56. The maximum absolute atomic E-state index is 13.7.